The molecule has 2 aromatic rings. The summed E-state index contributed by atoms with van der Waals surface area (Å²) in [4.78, 5) is 14.8. The van der Waals surface area contributed by atoms with Crippen LogP contribution in [0, 0.1) is 0 Å². The fraction of sp³-hybridized carbons (Fsp3) is 0.200. The monoisotopic (exact) mass is 305 g/mol. The van der Waals surface area contributed by atoms with Crippen molar-refractivity contribution < 1.29 is 19.4 Å². The predicted octanol–water partition coefficient (Wildman–Crippen LogP) is 2.82. The van der Waals surface area contributed by atoms with E-state index in [0.29, 0.717) is 11.4 Å². The Morgan fingerprint density at radius 1 is 1.48 bits per heavy atom. The van der Waals surface area contributed by atoms with Gasteiger partial charge in [0.2, 0.25) is 0 Å². The van der Waals surface area contributed by atoms with Gasteiger partial charge in [-0.25, -0.2) is 9.78 Å². The lowest BCUT2D eigenvalue weighted by atomic mass is 10.1. The number of halogens is 1. The van der Waals surface area contributed by atoms with Gasteiger partial charge in [-0.2, -0.15) is 0 Å². The van der Waals surface area contributed by atoms with Gasteiger partial charge in [-0.3, -0.25) is 0 Å². The summed E-state index contributed by atoms with van der Waals surface area (Å²) in [6.07, 6.45) is 1.93. The van der Waals surface area contributed by atoms with Crippen LogP contribution in [-0.4, -0.2) is 28.8 Å². The number of aromatic nitrogens is 1. The van der Waals surface area contributed by atoms with E-state index in [4.69, 9.17) is 26.2 Å². The minimum Gasteiger partial charge on any atom is -0.487 e. The summed E-state index contributed by atoms with van der Waals surface area (Å²) in [6.45, 7) is 0.248. The Balaban J connectivity index is 1.67. The van der Waals surface area contributed by atoms with E-state index >= 15 is 0 Å². The Morgan fingerprint density at radius 3 is 3.14 bits per heavy atom. The van der Waals surface area contributed by atoms with E-state index in [0.717, 1.165) is 11.3 Å². The molecule has 0 amide bonds. The molecule has 0 radical (unpaired) electrons. The lowest BCUT2D eigenvalue weighted by Gasteiger charge is -2.13. The van der Waals surface area contributed by atoms with E-state index in [1.807, 2.05) is 12.1 Å². The summed E-state index contributed by atoms with van der Waals surface area (Å²) in [5.74, 6) is -0.0896. The Labute approximate surface area is 126 Å². The molecule has 0 bridgehead atoms. The lowest BCUT2D eigenvalue weighted by Crippen LogP contribution is -2.23. The smallest absolute Gasteiger partial charge is 0.358 e. The number of benzene rings is 1. The molecule has 1 unspecified atom stereocenters. The fourth-order valence-corrected chi connectivity index (χ4v) is 2.43. The Morgan fingerprint density at radius 2 is 2.33 bits per heavy atom. The molecular weight excluding hydrogens is 294 g/mol. The molecule has 1 aromatic heterocycles. The second-order valence-corrected chi connectivity index (χ2v) is 5.10. The van der Waals surface area contributed by atoms with Gasteiger partial charge in [0, 0.05) is 17.6 Å². The summed E-state index contributed by atoms with van der Waals surface area (Å²) < 4.78 is 11.3. The van der Waals surface area contributed by atoms with Crippen LogP contribution in [0.4, 0.5) is 0 Å². The molecule has 108 valence electrons. The second-order valence-electron chi connectivity index (χ2n) is 4.66. The Hall–Kier alpha value is -2.27. The van der Waals surface area contributed by atoms with Crippen molar-refractivity contribution >= 4 is 17.6 Å². The van der Waals surface area contributed by atoms with Crippen molar-refractivity contribution in [2.24, 2.45) is 0 Å². The van der Waals surface area contributed by atoms with Crippen LogP contribution >= 0.6 is 11.6 Å². The molecule has 1 aliphatic heterocycles. The number of carboxylic acids is 1. The van der Waals surface area contributed by atoms with E-state index in [2.05, 4.69) is 4.98 Å². The van der Waals surface area contributed by atoms with Crippen LogP contribution in [0.2, 0.25) is 5.02 Å². The quantitative estimate of drug-likeness (QED) is 0.940. The summed E-state index contributed by atoms with van der Waals surface area (Å²) >= 11 is 5.94. The number of nitrogens with zero attached hydrogens (tertiary/aromatic N) is 1. The van der Waals surface area contributed by atoms with Gasteiger partial charge in [0.15, 0.2) is 11.4 Å². The Kier molecular flexibility index (Phi) is 3.66. The summed E-state index contributed by atoms with van der Waals surface area (Å²) in [5, 5.41) is 9.71. The fourth-order valence-electron chi connectivity index (χ4n) is 2.23. The molecule has 6 heteroatoms. The summed E-state index contributed by atoms with van der Waals surface area (Å²) in [7, 11) is 0. The van der Waals surface area contributed by atoms with Gasteiger partial charge in [0.05, 0.1) is 0 Å². The zero-order valence-corrected chi connectivity index (χ0v) is 11.7. The first-order valence-corrected chi connectivity index (χ1v) is 6.77. The van der Waals surface area contributed by atoms with Crippen molar-refractivity contribution in [3.05, 3.63) is 52.8 Å². The van der Waals surface area contributed by atoms with E-state index < -0.39 is 5.97 Å². The number of rotatable bonds is 4. The summed E-state index contributed by atoms with van der Waals surface area (Å²) in [6, 6.07) is 8.67. The number of hydrogen-bond donors (Lipinski definition) is 1. The maximum atomic E-state index is 11.0. The van der Waals surface area contributed by atoms with Gasteiger partial charge >= 0.3 is 5.97 Å². The molecule has 0 saturated heterocycles. The average molecular weight is 306 g/mol. The van der Waals surface area contributed by atoms with Gasteiger partial charge < -0.3 is 14.6 Å². The zero-order valence-electron chi connectivity index (χ0n) is 11.0. The minimum atomic E-state index is -1.12. The van der Waals surface area contributed by atoms with Crippen LogP contribution in [0.1, 0.15) is 16.1 Å². The number of aromatic carboxylic acids is 1. The number of fused-ring (bicyclic) bond motifs is 1. The molecule has 5 nitrogen and oxygen atoms in total. The third kappa shape index (κ3) is 2.92. The van der Waals surface area contributed by atoms with Crippen molar-refractivity contribution in [3.63, 3.8) is 0 Å². The van der Waals surface area contributed by atoms with Crippen LogP contribution in [0.5, 0.6) is 11.5 Å². The zero-order chi connectivity index (χ0) is 14.8. The Bertz CT molecular complexity index is 689. The highest BCUT2D eigenvalue weighted by Gasteiger charge is 2.24. The normalized spacial score (nSPS) is 16.1. The number of hydrogen-bond acceptors (Lipinski definition) is 4. The molecule has 0 aliphatic carbocycles. The number of carboxylic acid groups (broad SMARTS) is 1. The van der Waals surface area contributed by atoms with Crippen LogP contribution < -0.4 is 9.47 Å². The van der Waals surface area contributed by atoms with Crippen molar-refractivity contribution in [1.82, 2.24) is 4.98 Å². The highest BCUT2D eigenvalue weighted by molar-refractivity contribution is 6.30. The van der Waals surface area contributed by atoms with Crippen LogP contribution in [-0.2, 0) is 6.42 Å². The molecule has 1 atom stereocenters. The van der Waals surface area contributed by atoms with E-state index in [1.54, 1.807) is 18.2 Å². The third-order valence-corrected chi connectivity index (χ3v) is 3.40. The van der Waals surface area contributed by atoms with E-state index in [-0.39, 0.29) is 24.2 Å². The first-order chi connectivity index (χ1) is 10.1. The number of ether oxygens (including phenoxy) is 2. The van der Waals surface area contributed by atoms with E-state index in [9.17, 15) is 4.79 Å². The number of pyridine rings is 1. The highest BCUT2D eigenvalue weighted by atomic mass is 35.5. The largest absolute Gasteiger partial charge is 0.487 e. The molecule has 2 heterocycles. The molecule has 0 fully saturated rings. The molecule has 1 aliphatic rings. The molecule has 3 rings (SSSR count). The van der Waals surface area contributed by atoms with Crippen molar-refractivity contribution in [3.8, 4) is 11.5 Å². The highest BCUT2D eigenvalue weighted by Crippen LogP contribution is 2.31. The SMILES string of the molecule is O=C(O)c1ncccc1OCC1Cc2cc(Cl)ccc2O1. The van der Waals surface area contributed by atoms with Crippen molar-refractivity contribution in [2.45, 2.75) is 12.5 Å². The van der Waals surface area contributed by atoms with Gasteiger partial charge in [0.25, 0.3) is 0 Å². The molecule has 1 N–H and O–H groups in total. The topological polar surface area (TPSA) is 68.7 Å². The number of carbonyl (C=O) groups is 1. The van der Waals surface area contributed by atoms with Gasteiger partial charge in [-0.1, -0.05) is 11.6 Å². The molecule has 21 heavy (non-hydrogen) atoms. The van der Waals surface area contributed by atoms with Crippen LogP contribution in [0.15, 0.2) is 36.5 Å². The molecular formula is C15H12ClNO4. The van der Waals surface area contributed by atoms with E-state index in [1.165, 1.54) is 6.20 Å². The first-order valence-electron chi connectivity index (χ1n) is 6.39. The lowest BCUT2D eigenvalue weighted by molar-refractivity contribution is 0.0681. The van der Waals surface area contributed by atoms with Crippen molar-refractivity contribution in [2.75, 3.05) is 6.61 Å². The minimum absolute atomic E-state index is 0.101. The van der Waals surface area contributed by atoms with Crippen LogP contribution in [0.25, 0.3) is 0 Å². The predicted molar refractivity (Wildman–Crippen MR) is 76.3 cm³/mol. The third-order valence-electron chi connectivity index (χ3n) is 3.16. The standard InChI is InChI=1S/C15H12ClNO4/c16-10-3-4-12-9(6-10)7-11(21-12)8-20-13-2-1-5-17-14(13)15(18)19/h1-6,11H,7-8H2,(H,18,19). The molecule has 0 spiro atoms. The summed E-state index contributed by atoms with van der Waals surface area (Å²) in [5.41, 5.74) is 0.928. The van der Waals surface area contributed by atoms with Crippen molar-refractivity contribution in [1.29, 1.82) is 0 Å². The van der Waals surface area contributed by atoms with Gasteiger partial charge in [-0.15, -0.1) is 0 Å². The van der Waals surface area contributed by atoms with Crippen LogP contribution in [0.3, 0.4) is 0 Å². The maximum Gasteiger partial charge on any atom is 0.358 e. The van der Waals surface area contributed by atoms with Gasteiger partial charge in [0.1, 0.15) is 18.5 Å². The molecule has 0 saturated carbocycles. The maximum absolute atomic E-state index is 11.0. The first kappa shape index (κ1) is 13.7. The second kappa shape index (κ2) is 5.61. The average Bonchev–Trinajstić information content (AvgIpc) is 2.87. The molecule has 1 aromatic carbocycles. The van der Waals surface area contributed by atoms with Gasteiger partial charge in [-0.05, 0) is 35.9 Å².